The lowest BCUT2D eigenvalue weighted by atomic mass is 9.72. The Hall–Kier alpha value is -1.51. The molecule has 17 heavy (non-hydrogen) atoms. The molecule has 0 atom stereocenters. The normalized spacial score (nSPS) is 17.1. The highest BCUT2D eigenvalue weighted by Crippen LogP contribution is 2.45. The Labute approximate surface area is 99.3 Å². The lowest BCUT2D eigenvalue weighted by molar-refractivity contribution is 0.184. The topological polar surface area (TPSA) is 38.7 Å². The van der Waals surface area contributed by atoms with Gasteiger partial charge in [-0.3, -0.25) is 0 Å². The summed E-state index contributed by atoms with van der Waals surface area (Å²) in [5.74, 6) is -0.321. The third-order valence-electron chi connectivity index (χ3n) is 3.29. The predicted molar refractivity (Wildman–Crippen MR) is 60.8 cm³/mol. The number of methoxy groups -OCH3 is 1. The molecule has 3 nitrogen and oxygen atoms in total. The molecule has 4 heteroatoms. The van der Waals surface area contributed by atoms with Crippen molar-refractivity contribution in [2.24, 2.45) is 4.99 Å². The van der Waals surface area contributed by atoms with Crippen molar-refractivity contribution in [1.29, 1.82) is 0 Å². The Morgan fingerprint density at radius 3 is 2.76 bits per heavy atom. The van der Waals surface area contributed by atoms with Gasteiger partial charge in [0.05, 0.1) is 6.61 Å². The van der Waals surface area contributed by atoms with Gasteiger partial charge in [0, 0.05) is 12.7 Å². The minimum absolute atomic E-state index is 0.321. The molecule has 1 aromatic carbocycles. The molecule has 0 aliphatic heterocycles. The van der Waals surface area contributed by atoms with Crippen LogP contribution in [-0.4, -0.2) is 13.2 Å². The van der Waals surface area contributed by atoms with E-state index in [2.05, 4.69) is 4.99 Å². The van der Waals surface area contributed by atoms with Gasteiger partial charge in [-0.05, 0) is 30.9 Å². The van der Waals surface area contributed by atoms with Gasteiger partial charge in [-0.1, -0.05) is 12.1 Å². The average molecular weight is 235 g/mol. The Bertz CT molecular complexity index is 462. The van der Waals surface area contributed by atoms with Crippen LogP contribution in [0.2, 0.25) is 0 Å². The molecule has 0 unspecified atom stereocenters. The second-order valence-corrected chi connectivity index (χ2v) is 4.34. The number of isocyanates is 1. The van der Waals surface area contributed by atoms with E-state index in [0.717, 1.165) is 12.0 Å². The summed E-state index contributed by atoms with van der Waals surface area (Å²) >= 11 is 0. The summed E-state index contributed by atoms with van der Waals surface area (Å²) < 4.78 is 18.9. The highest BCUT2D eigenvalue weighted by atomic mass is 19.1. The molecular weight excluding hydrogens is 221 g/mol. The van der Waals surface area contributed by atoms with Crippen LogP contribution in [0.1, 0.15) is 30.4 Å². The van der Waals surface area contributed by atoms with Gasteiger partial charge in [-0.25, -0.2) is 9.18 Å². The van der Waals surface area contributed by atoms with Crippen molar-refractivity contribution in [1.82, 2.24) is 0 Å². The third kappa shape index (κ3) is 2.14. The number of nitrogens with zero attached hydrogens (tertiary/aromatic N) is 1. The fourth-order valence-corrected chi connectivity index (χ4v) is 2.23. The first kappa shape index (κ1) is 12.0. The van der Waals surface area contributed by atoms with Crippen molar-refractivity contribution < 1.29 is 13.9 Å². The van der Waals surface area contributed by atoms with Crippen LogP contribution in [0, 0.1) is 5.82 Å². The summed E-state index contributed by atoms with van der Waals surface area (Å²) in [6.07, 6.45) is 3.94. The number of aliphatic imine (C=N–C) groups is 1. The first-order valence-electron chi connectivity index (χ1n) is 5.59. The smallest absolute Gasteiger partial charge is 0.235 e. The van der Waals surface area contributed by atoms with Crippen molar-refractivity contribution in [3.8, 4) is 0 Å². The summed E-state index contributed by atoms with van der Waals surface area (Å²) in [4.78, 5) is 14.2. The summed E-state index contributed by atoms with van der Waals surface area (Å²) in [5, 5.41) is 0. The van der Waals surface area contributed by atoms with Gasteiger partial charge in [0.2, 0.25) is 6.08 Å². The number of halogens is 1. The largest absolute Gasteiger partial charge is 0.380 e. The van der Waals surface area contributed by atoms with Crippen LogP contribution in [0.3, 0.4) is 0 Å². The van der Waals surface area contributed by atoms with Gasteiger partial charge in [0.1, 0.15) is 11.4 Å². The quantitative estimate of drug-likeness (QED) is 0.594. The summed E-state index contributed by atoms with van der Waals surface area (Å²) in [7, 11) is 1.57. The van der Waals surface area contributed by atoms with Gasteiger partial charge >= 0.3 is 0 Å². The molecule has 90 valence electrons. The van der Waals surface area contributed by atoms with Crippen LogP contribution in [0.15, 0.2) is 23.2 Å². The van der Waals surface area contributed by atoms with E-state index in [1.54, 1.807) is 19.3 Å². The van der Waals surface area contributed by atoms with E-state index >= 15 is 0 Å². The number of rotatable bonds is 4. The molecule has 1 aliphatic carbocycles. The van der Waals surface area contributed by atoms with Gasteiger partial charge in [0.25, 0.3) is 0 Å². The van der Waals surface area contributed by atoms with E-state index in [-0.39, 0.29) is 5.82 Å². The number of benzene rings is 1. The van der Waals surface area contributed by atoms with Gasteiger partial charge < -0.3 is 4.74 Å². The minimum atomic E-state index is -0.669. The maximum absolute atomic E-state index is 14.0. The molecule has 0 N–H and O–H groups in total. The zero-order chi connectivity index (χ0) is 12.3. The summed E-state index contributed by atoms with van der Waals surface area (Å²) in [6.45, 7) is 0.376. The molecule has 0 bridgehead atoms. The Morgan fingerprint density at radius 2 is 2.29 bits per heavy atom. The van der Waals surface area contributed by atoms with Crippen LogP contribution >= 0.6 is 0 Å². The van der Waals surface area contributed by atoms with Crippen LogP contribution in [0.25, 0.3) is 0 Å². The number of hydrogen-bond donors (Lipinski definition) is 0. The Balaban J connectivity index is 2.35. The van der Waals surface area contributed by atoms with E-state index in [9.17, 15) is 9.18 Å². The highest BCUT2D eigenvalue weighted by molar-refractivity contribution is 5.40. The van der Waals surface area contributed by atoms with Crippen molar-refractivity contribution in [3.05, 3.63) is 35.1 Å². The second kappa shape index (κ2) is 4.78. The lowest BCUT2D eigenvalue weighted by Gasteiger charge is -2.37. The lowest BCUT2D eigenvalue weighted by Crippen LogP contribution is -2.33. The molecule has 1 aliphatic rings. The molecular formula is C13H14FNO2. The van der Waals surface area contributed by atoms with Crippen LogP contribution in [0.4, 0.5) is 4.39 Å². The molecule has 2 rings (SSSR count). The molecule has 0 radical (unpaired) electrons. The fourth-order valence-electron chi connectivity index (χ4n) is 2.23. The molecule has 1 aromatic rings. The molecule has 0 amide bonds. The van der Waals surface area contributed by atoms with E-state index in [0.29, 0.717) is 25.0 Å². The molecule has 0 spiro atoms. The zero-order valence-electron chi connectivity index (χ0n) is 9.70. The monoisotopic (exact) mass is 235 g/mol. The van der Waals surface area contributed by atoms with Crippen LogP contribution in [0.5, 0.6) is 0 Å². The number of ether oxygens (including phenoxy) is 1. The predicted octanol–water partition coefficient (Wildman–Crippen LogP) is 2.69. The first-order valence-corrected chi connectivity index (χ1v) is 5.59. The van der Waals surface area contributed by atoms with Crippen molar-refractivity contribution in [3.63, 3.8) is 0 Å². The van der Waals surface area contributed by atoms with Crippen LogP contribution in [-0.2, 0) is 21.7 Å². The van der Waals surface area contributed by atoms with Crippen LogP contribution < -0.4 is 0 Å². The molecule has 0 saturated heterocycles. The van der Waals surface area contributed by atoms with Gasteiger partial charge in [0.15, 0.2) is 0 Å². The SMILES string of the molecule is COCc1ccc(C2(N=C=O)CCC2)c(F)c1. The zero-order valence-corrected chi connectivity index (χ0v) is 9.70. The maximum Gasteiger partial charge on any atom is 0.235 e. The van der Waals surface area contributed by atoms with Gasteiger partial charge in [-0.15, -0.1) is 0 Å². The van der Waals surface area contributed by atoms with Crippen molar-refractivity contribution >= 4 is 6.08 Å². The summed E-state index contributed by atoms with van der Waals surface area (Å²) in [5.41, 5.74) is 0.600. The van der Waals surface area contributed by atoms with Gasteiger partial charge in [-0.2, -0.15) is 4.99 Å². The minimum Gasteiger partial charge on any atom is -0.380 e. The molecule has 0 heterocycles. The second-order valence-electron chi connectivity index (χ2n) is 4.34. The molecule has 1 fully saturated rings. The highest BCUT2D eigenvalue weighted by Gasteiger charge is 2.40. The van der Waals surface area contributed by atoms with E-state index in [1.807, 2.05) is 6.07 Å². The third-order valence-corrected chi connectivity index (χ3v) is 3.29. The fraction of sp³-hybridized carbons (Fsp3) is 0.462. The summed E-state index contributed by atoms with van der Waals surface area (Å²) in [6, 6.07) is 4.95. The Morgan fingerprint density at radius 1 is 1.53 bits per heavy atom. The van der Waals surface area contributed by atoms with Crippen molar-refractivity contribution in [2.45, 2.75) is 31.4 Å². The van der Waals surface area contributed by atoms with Crippen molar-refractivity contribution in [2.75, 3.05) is 7.11 Å². The first-order chi connectivity index (χ1) is 8.22. The van der Waals surface area contributed by atoms with E-state index in [1.165, 1.54) is 6.07 Å². The van der Waals surface area contributed by atoms with E-state index < -0.39 is 5.54 Å². The maximum atomic E-state index is 14.0. The average Bonchev–Trinajstić information content (AvgIpc) is 2.25. The molecule has 0 aromatic heterocycles. The standard InChI is InChI=1S/C13H14FNO2/c1-17-8-10-3-4-11(12(14)7-10)13(15-9-16)5-2-6-13/h3-4,7H,2,5-6,8H2,1H3. The molecule has 1 saturated carbocycles. The Kier molecular flexibility index (Phi) is 3.36. The number of hydrogen-bond acceptors (Lipinski definition) is 3. The van der Waals surface area contributed by atoms with E-state index in [4.69, 9.17) is 4.74 Å². The number of carbonyl (C=O) groups excluding carboxylic acids is 1.